The van der Waals surface area contributed by atoms with Gasteiger partial charge in [0.15, 0.2) is 0 Å². The molecule has 0 atom stereocenters. The Morgan fingerprint density at radius 1 is 1.44 bits per heavy atom. The van der Waals surface area contributed by atoms with Gasteiger partial charge in [0.25, 0.3) is 0 Å². The number of fused-ring (bicyclic) bond motifs is 1. The Hall–Kier alpha value is -0.990. The largest absolute Gasteiger partial charge is 0.411 e. The summed E-state index contributed by atoms with van der Waals surface area (Å²) in [5, 5.41) is 0. The number of hydrogen-bond acceptors (Lipinski definition) is 4. The van der Waals surface area contributed by atoms with Crippen molar-refractivity contribution in [1.29, 1.82) is 0 Å². The third kappa shape index (κ3) is 3.50. The maximum atomic E-state index is 11.9. The van der Waals surface area contributed by atoms with Crippen LogP contribution in [0.3, 0.4) is 0 Å². The lowest BCUT2D eigenvalue weighted by molar-refractivity contribution is -0.177. The monoisotopic (exact) mass is 280 g/mol. The van der Waals surface area contributed by atoms with Crippen LogP contribution >= 0.6 is 12.2 Å². The van der Waals surface area contributed by atoms with Gasteiger partial charge in [-0.25, -0.2) is 4.98 Å². The standard InChI is InChI=1S/C10H11F3N2O2S/c11-10(12,13)5-17-4-8-14-7-1-2-16-3-6(7)9(18)15-8/h1-5H2,(H,14,15,18). The van der Waals surface area contributed by atoms with Crippen LogP contribution in [0.1, 0.15) is 17.1 Å². The Morgan fingerprint density at radius 2 is 2.22 bits per heavy atom. The predicted octanol–water partition coefficient (Wildman–Crippen LogP) is 2.29. The molecule has 1 aliphatic rings. The first kappa shape index (κ1) is 13.4. The summed E-state index contributed by atoms with van der Waals surface area (Å²) in [5.74, 6) is 0.310. The summed E-state index contributed by atoms with van der Waals surface area (Å²) < 4.78 is 45.9. The number of hydrogen-bond donors (Lipinski definition) is 1. The fraction of sp³-hybridized carbons (Fsp3) is 0.600. The van der Waals surface area contributed by atoms with Crippen molar-refractivity contribution in [2.75, 3.05) is 13.2 Å². The van der Waals surface area contributed by atoms with E-state index in [1.54, 1.807) is 0 Å². The minimum atomic E-state index is -4.33. The molecule has 1 aromatic rings. The van der Waals surface area contributed by atoms with E-state index < -0.39 is 12.8 Å². The number of alkyl halides is 3. The number of aromatic nitrogens is 2. The zero-order valence-electron chi connectivity index (χ0n) is 9.34. The molecule has 1 aliphatic heterocycles. The molecule has 1 N–H and O–H groups in total. The van der Waals surface area contributed by atoms with E-state index in [2.05, 4.69) is 14.7 Å². The molecule has 8 heteroatoms. The van der Waals surface area contributed by atoms with E-state index in [1.165, 1.54) is 0 Å². The van der Waals surface area contributed by atoms with Gasteiger partial charge in [0.05, 0.1) is 13.2 Å². The molecule has 0 aliphatic carbocycles. The van der Waals surface area contributed by atoms with Crippen LogP contribution in [0, 0.1) is 4.64 Å². The van der Waals surface area contributed by atoms with Crippen molar-refractivity contribution < 1.29 is 22.6 Å². The Bertz CT molecular complexity index is 487. The number of nitrogens with one attached hydrogen (secondary N) is 1. The highest BCUT2D eigenvalue weighted by molar-refractivity contribution is 7.71. The first-order valence-electron chi connectivity index (χ1n) is 5.29. The minimum Gasteiger partial charge on any atom is -0.376 e. The molecular weight excluding hydrogens is 269 g/mol. The van der Waals surface area contributed by atoms with Crippen molar-refractivity contribution >= 4 is 12.2 Å². The average molecular weight is 280 g/mol. The molecule has 0 saturated carbocycles. The molecule has 0 aromatic carbocycles. The molecule has 18 heavy (non-hydrogen) atoms. The molecule has 0 unspecified atom stereocenters. The molecule has 4 nitrogen and oxygen atoms in total. The van der Waals surface area contributed by atoms with E-state index in [0.29, 0.717) is 30.1 Å². The van der Waals surface area contributed by atoms with Crippen LogP contribution < -0.4 is 0 Å². The summed E-state index contributed by atoms with van der Waals surface area (Å²) in [4.78, 5) is 6.93. The summed E-state index contributed by atoms with van der Waals surface area (Å²) >= 11 is 5.06. The lowest BCUT2D eigenvalue weighted by Gasteiger charge is -2.17. The predicted molar refractivity (Wildman–Crippen MR) is 58.5 cm³/mol. The van der Waals surface area contributed by atoms with E-state index >= 15 is 0 Å². The second-order valence-corrected chi connectivity index (χ2v) is 4.24. The third-order valence-corrected chi connectivity index (χ3v) is 2.74. The fourth-order valence-electron chi connectivity index (χ4n) is 1.64. The van der Waals surface area contributed by atoms with Crippen LogP contribution in [-0.4, -0.2) is 29.4 Å². The quantitative estimate of drug-likeness (QED) is 0.863. The van der Waals surface area contributed by atoms with Crippen molar-refractivity contribution in [3.05, 3.63) is 21.7 Å². The summed E-state index contributed by atoms with van der Waals surface area (Å²) in [6.07, 6.45) is -3.69. The van der Waals surface area contributed by atoms with E-state index in [0.717, 1.165) is 11.3 Å². The van der Waals surface area contributed by atoms with Gasteiger partial charge in [0.1, 0.15) is 23.7 Å². The average Bonchev–Trinajstić information content (AvgIpc) is 2.27. The van der Waals surface area contributed by atoms with Gasteiger partial charge in [0, 0.05) is 17.7 Å². The normalized spacial score (nSPS) is 15.5. The first-order valence-corrected chi connectivity index (χ1v) is 5.70. The second kappa shape index (κ2) is 5.33. The van der Waals surface area contributed by atoms with Crippen molar-refractivity contribution in [3.8, 4) is 0 Å². The van der Waals surface area contributed by atoms with Gasteiger partial charge < -0.3 is 14.5 Å². The molecule has 0 spiro atoms. The lowest BCUT2D eigenvalue weighted by Crippen LogP contribution is -2.19. The second-order valence-electron chi connectivity index (χ2n) is 3.86. The molecule has 0 saturated heterocycles. The zero-order valence-corrected chi connectivity index (χ0v) is 10.2. The van der Waals surface area contributed by atoms with Crippen LogP contribution in [0.15, 0.2) is 0 Å². The highest BCUT2D eigenvalue weighted by Gasteiger charge is 2.27. The molecular formula is C10H11F3N2O2S. The molecule has 0 radical (unpaired) electrons. The Labute approximate surface area is 106 Å². The summed E-state index contributed by atoms with van der Waals surface area (Å²) in [5.41, 5.74) is 1.67. The topological polar surface area (TPSA) is 47.1 Å². The van der Waals surface area contributed by atoms with Crippen LogP contribution in [0.4, 0.5) is 13.2 Å². The van der Waals surface area contributed by atoms with Gasteiger partial charge in [-0.3, -0.25) is 0 Å². The molecule has 2 rings (SSSR count). The number of ether oxygens (including phenoxy) is 2. The Morgan fingerprint density at radius 3 is 2.94 bits per heavy atom. The van der Waals surface area contributed by atoms with Crippen molar-refractivity contribution in [2.24, 2.45) is 0 Å². The molecule has 0 amide bonds. The van der Waals surface area contributed by atoms with Gasteiger partial charge in [0.2, 0.25) is 0 Å². The molecule has 100 valence electrons. The number of aromatic amines is 1. The molecule has 0 fully saturated rings. The number of rotatable bonds is 3. The lowest BCUT2D eigenvalue weighted by atomic mass is 10.1. The summed E-state index contributed by atoms with van der Waals surface area (Å²) in [6.45, 7) is -0.584. The molecule has 1 aromatic heterocycles. The van der Waals surface area contributed by atoms with Crippen molar-refractivity contribution in [3.63, 3.8) is 0 Å². The van der Waals surface area contributed by atoms with Crippen LogP contribution in [-0.2, 0) is 29.1 Å². The van der Waals surface area contributed by atoms with E-state index in [4.69, 9.17) is 17.0 Å². The molecule has 0 bridgehead atoms. The van der Waals surface area contributed by atoms with E-state index in [1.807, 2.05) is 0 Å². The first-order chi connectivity index (χ1) is 8.46. The summed E-state index contributed by atoms with van der Waals surface area (Å²) in [7, 11) is 0. The minimum absolute atomic E-state index is 0.239. The van der Waals surface area contributed by atoms with Crippen molar-refractivity contribution in [1.82, 2.24) is 9.97 Å². The highest BCUT2D eigenvalue weighted by atomic mass is 32.1. The Balaban J connectivity index is 2.06. The highest BCUT2D eigenvalue weighted by Crippen LogP contribution is 2.17. The van der Waals surface area contributed by atoms with Gasteiger partial charge in [-0.2, -0.15) is 13.2 Å². The number of nitrogens with zero attached hydrogens (tertiary/aromatic N) is 1. The van der Waals surface area contributed by atoms with Gasteiger partial charge >= 0.3 is 6.18 Å². The third-order valence-electron chi connectivity index (χ3n) is 2.40. The SMILES string of the molecule is FC(F)(F)COCc1nc(=S)c2c([nH]1)CCOC2. The molecule has 2 heterocycles. The smallest absolute Gasteiger partial charge is 0.376 e. The van der Waals surface area contributed by atoms with Gasteiger partial charge in [-0.05, 0) is 0 Å². The summed E-state index contributed by atoms with van der Waals surface area (Å²) in [6, 6.07) is 0. The maximum absolute atomic E-state index is 11.9. The number of H-pyrrole nitrogens is 1. The number of halogens is 3. The van der Waals surface area contributed by atoms with Crippen LogP contribution in [0.5, 0.6) is 0 Å². The van der Waals surface area contributed by atoms with Crippen LogP contribution in [0.2, 0.25) is 0 Å². The van der Waals surface area contributed by atoms with Gasteiger partial charge in [-0.15, -0.1) is 0 Å². The van der Waals surface area contributed by atoms with E-state index in [-0.39, 0.29) is 6.61 Å². The van der Waals surface area contributed by atoms with Gasteiger partial charge in [-0.1, -0.05) is 12.2 Å². The zero-order chi connectivity index (χ0) is 13.2. The maximum Gasteiger partial charge on any atom is 0.411 e. The Kier molecular flexibility index (Phi) is 3.98. The van der Waals surface area contributed by atoms with E-state index in [9.17, 15) is 13.2 Å². The fourth-order valence-corrected chi connectivity index (χ4v) is 1.93. The van der Waals surface area contributed by atoms with Crippen LogP contribution in [0.25, 0.3) is 0 Å². The van der Waals surface area contributed by atoms with Crippen molar-refractivity contribution in [2.45, 2.75) is 25.8 Å².